The van der Waals surface area contributed by atoms with Crippen LogP contribution in [0.25, 0.3) is 10.9 Å². The largest absolute Gasteiger partial charge is 0.481 e. The molecular weight excluding hydrogens is 211 g/mol. The molecule has 0 saturated heterocycles. The minimum atomic E-state index is -0.883. The highest BCUT2D eigenvalue weighted by molar-refractivity contribution is 5.83. The van der Waals surface area contributed by atoms with Crippen LogP contribution < -0.4 is 0 Å². The standard InChI is InChI=1S/C11H11FN2O2/c1-6(5-9(15)16)10-7-3-2-4-8(12)11(7)14-13-10/h2-4,6H,5H2,1H3,(H,13,14)(H,15,16). The summed E-state index contributed by atoms with van der Waals surface area (Å²) in [5.41, 5.74) is 0.923. The van der Waals surface area contributed by atoms with Gasteiger partial charge >= 0.3 is 5.97 Å². The number of carboxylic acids is 1. The van der Waals surface area contributed by atoms with Crippen molar-refractivity contribution in [3.05, 3.63) is 29.7 Å². The van der Waals surface area contributed by atoms with Gasteiger partial charge in [-0.2, -0.15) is 5.10 Å². The quantitative estimate of drug-likeness (QED) is 0.837. The maximum absolute atomic E-state index is 13.3. The third-order valence-corrected chi connectivity index (χ3v) is 2.54. The molecule has 0 amide bonds. The summed E-state index contributed by atoms with van der Waals surface area (Å²) < 4.78 is 13.3. The van der Waals surface area contributed by atoms with Crippen LogP contribution in [0, 0.1) is 5.82 Å². The summed E-state index contributed by atoms with van der Waals surface area (Å²) in [5.74, 6) is -1.50. The van der Waals surface area contributed by atoms with Gasteiger partial charge in [0.1, 0.15) is 5.52 Å². The highest BCUT2D eigenvalue weighted by atomic mass is 19.1. The van der Waals surface area contributed by atoms with E-state index in [-0.39, 0.29) is 17.9 Å². The smallest absolute Gasteiger partial charge is 0.304 e. The molecule has 0 aliphatic rings. The molecule has 0 saturated carbocycles. The second-order valence-electron chi connectivity index (χ2n) is 3.77. The van der Waals surface area contributed by atoms with Gasteiger partial charge in [-0.3, -0.25) is 9.89 Å². The number of nitrogens with zero attached hydrogens (tertiary/aromatic N) is 1. The first-order valence-corrected chi connectivity index (χ1v) is 4.94. The third-order valence-electron chi connectivity index (χ3n) is 2.54. The highest BCUT2D eigenvalue weighted by Gasteiger charge is 2.16. The maximum atomic E-state index is 13.3. The molecule has 1 atom stereocenters. The van der Waals surface area contributed by atoms with E-state index in [4.69, 9.17) is 5.11 Å². The van der Waals surface area contributed by atoms with E-state index in [0.29, 0.717) is 11.1 Å². The summed E-state index contributed by atoms with van der Waals surface area (Å²) in [7, 11) is 0. The van der Waals surface area contributed by atoms with E-state index in [1.54, 1.807) is 19.1 Å². The van der Waals surface area contributed by atoms with Gasteiger partial charge in [0.2, 0.25) is 0 Å². The Morgan fingerprint density at radius 2 is 2.38 bits per heavy atom. The molecule has 84 valence electrons. The van der Waals surface area contributed by atoms with Gasteiger partial charge < -0.3 is 5.11 Å². The Morgan fingerprint density at radius 1 is 1.62 bits per heavy atom. The van der Waals surface area contributed by atoms with Gasteiger partial charge in [0, 0.05) is 17.0 Å². The molecule has 0 radical (unpaired) electrons. The molecule has 1 aromatic carbocycles. The minimum absolute atomic E-state index is 0.00614. The van der Waals surface area contributed by atoms with Crippen LogP contribution in [0.1, 0.15) is 25.0 Å². The number of aromatic nitrogens is 2. The molecule has 5 heteroatoms. The predicted molar refractivity (Wildman–Crippen MR) is 56.7 cm³/mol. The van der Waals surface area contributed by atoms with E-state index < -0.39 is 11.8 Å². The number of rotatable bonds is 3. The van der Waals surface area contributed by atoms with Crippen molar-refractivity contribution in [1.82, 2.24) is 10.2 Å². The van der Waals surface area contributed by atoms with E-state index in [0.717, 1.165) is 0 Å². The van der Waals surface area contributed by atoms with Crippen molar-refractivity contribution in [2.75, 3.05) is 0 Å². The number of carbonyl (C=O) groups is 1. The average molecular weight is 222 g/mol. The zero-order valence-electron chi connectivity index (χ0n) is 8.70. The van der Waals surface area contributed by atoms with Gasteiger partial charge in [0.15, 0.2) is 5.82 Å². The van der Waals surface area contributed by atoms with E-state index in [9.17, 15) is 9.18 Å². The lowest BCUT2D eigenvalue weighted by molar-refractivity contribution is -0.137. The second kappa shape index (κ2) is 3.92. The van der Waals surface area contributed by atoms with Crippen LogP contribution in [0.2, 0.25) is 0 Å². The number of benzene rings is 1. The first-order valence-electron chi connectivity index (χ1n) is 4.94. The van der Waals surface area contributed by atoms with Gasteiger partial charge in [-0.05, 0) is 6.07 Å². The third kappa shape index (κ3) is 1.76. The molecule has 1 unspecified atom stereocenters. The second-order valence-corrected chi connectivity index (χ2v) is 3.77. The molecule has 0 spiro atoms. The van der Waals surface area contributed by atoms with Gasteiger partial charge in [0.05, 0.1) is 6.42 Å². The van der Waals surface area contributed by atoms with Gasteiger partial charge in [0.25, 0.3) is 0 Å². The molecule has 2 aromatic rings. The molecule has 4 nitrogen and oxygen atoms in total. The van der Waals surface area contributed by atoms with Crippen molar-refractivity contribution in [2.24, 2.45) is 0 Å². The zero-order valence-corrected chi connectivity index (χ0v) is 8.70. The number of carboxylic acid groups (broad SMARTS) is 1. The van der Waals surface area contributed by atoms with Crippen LogP contribution in [0.15, 0.2) is 18.2 Å². The van der Waals surface area contributed by atoms with Crippen molar-refractivity contribution >= 4 is 16.9 Å². The lowest BCUT2D eigenvalue weighted by Crippen LogP contribution is -2.03. The maximum Gasteiger partial charge on any atom is 0.304 e. The molecule has 2 rings (SSSR count). The first kappa shape index (κ1) is 10.6. The van der Waals surface area contributed by atoms with Crippen LogP contribution in [-0.4, -0.2) is 21.3 Å². The number of halogens is 1. The number of aromatic amines is 1. The highest BCUT2D eigenvalue weighted by Crippen LogP contribution is 2.26. The fourth-order valence-corrected chi connectivity index (χ4v) is 1.76. The Balaban J connectivity index is 2.46. The number of nitrogens with one attached hydrogen (secondary N) is 1. The van der Waals surface area contributed by atoms with Crippen LogP contribution in [0.4, 0.5) is 4.39 Å². The summed E-state index contributed by atoms with van der Waals surface area (Å²) in [5, 5.41) is 15.9. The summed E-state index contributed by atoms with van der Waals surface area (Å²) in [6.07, 6.45) is -0.00614. The Labute approximate surface area is 91.1 Å². The molecule has 16 heavy (non-hydrogen) atoms. The van der Waals surface area contributed by atoms with E-state index in [1.807, 2.05) is 0 Å². The Morgan fingerprint density at radius 3 is 3.06 bits per heavy atom. The lowest BCUT2D eigenvalue weighted by atomic mass is 10.0. The van der Waals surface area contributed by atoms with E-state index in [2.05, 4.69) is 10.2 Å². The Kier molecular flexibility index (Phi) is 2.60. The molecule has 1 heterocycles. The van der Waals surface area contributed by atoms with E-state index >= 15 is 0 Å². The van der Waals surface area contributed by atoms with Gasteiger partial charge in [-0.15, -0.1) is 0 Å². The fraction of sp³-hybridized carbons (Fsp3) is 0.273. The van der Waals surface area contributed by atoms with Crippen LogP contribution in [0.3, 0.4) is 0 Å². The number of hydrogen-bond acceptors (Lipinski definition) is 2. The summed E-state index contributed by atoms with van der Waals surface area (Å²) in [6, 6.07) is 4.65. The first-order chi connectivity index (χ1) is 7.59. The molecular formula is C11H11FN2O2. The molecule has 0 aliphatic carbocycles. The van der Waals surface area contributed by atoms with Gasteiger partial charge in [-0.25, -0.2) is 4.39 Å². The molecule has 0 bridgehead atoms. The number of H-pyrrole nitrogens is 1. The monoisotopic (exact) mass is 222 g/mol. The minimum Gasteiger partial charge on any atom is -0.481 e. The Hall–Kier alpha value is -1.91. The van der Waals surface area contributed by atoms with Crippen LogP contribution >= 0.6 is 0 Å². The summed E-state index contributed by atoms with van der Waals surface area (Å²) in [6.45, 7) is 1.77. The topological polar surface area (TPSA) is 66.0 Å². The molecule has 0 fully saturated rings. The molecule has 0 aliphatic heterocycles. The summed E-state index contributed by atoms with van der Waals surface area (Å²) >= 11 is 0. The van der Waals surface area contributed by atoms with Crippen molar-refractivity contribution < 1.29 is 14.3 Å². The zero-order chi connectivity index (χ0) is 11.7. The van der Waals surface area contributed by atoms with Crippen molar-refractivity contribution in [3.8, 4) is 0 Å². The average Bonchev–Trinajstić information content (AvgIpc) is 2.61. The molecule has 2 N–H and O–H groups in total. The van der Waals surface area contributed by atoms with Crippen LogP contribution in [0.5, 0.6) is 0 Å². The Bertz CT molecular complexity index is 536. The SMILES string of the molecule is CC(CC(=O)O)c1[nH]nc2c(F)cccc12. The number of fused-ring (bicyclic) bond motifs is 1. The number of hydrogen-bond donors (Lipinski definition) is 2. The fourth-order valence-electron chi connectivity index (χ4n) is 1.76. The normalized spacial score (nSPS) is 12.9. The predicted octanol–water partition coefficient (Wildman–Crippen LogP) is 2.28. The lowest BCUT2D eigenvalue weighted by Gasteiger charge is -2.05. The number of aliphatic carboxylic acids is 1. The summed E-state index contributed by atoms with van der Waals surface area (Å²) in [4.78, 5) is 10.6. The van der Waals surface area contributed by atoms with E-state index in [1.165, 1.54) is 6.07 Å². The van der Waals surface area contributed by atoms with Crippen molar-refractivity contribution in [2.45, 2.75) is 19.3 Å². The van der Waals surface area contributed by atoms with Crippen molar-refractivity contribution in [3.63, 3.8) is 0 Å². The van der Waals surface area contributed by atoms with Gasteiger partial charge in [-0.1, -0.05) is 19.1 Å². The van der Waals surface area contributed by atoms with Crippen molar-refractivity contribution in [1.29, 1.82) is 0 Å². The van der Waals surface area contributed by atoms with Crippen LogP contribution in [-0.2, 0) is 4.79 Å². The molecule has 1 aromatic heterocycles. The number of para-hydroxylation sites is 1.